The van der Waals surface area contributed by atoms with Crippen LogP contribution < -0.4 is 4.89 Å². The van der Waals surface area contributed by atoms with Crippen LogP contribution in [-0.4, -0.2) is 71.8 Å². The number of hydrogen-bond acceptors (Lipinski definition) is 6. The Hall–Kier alpha value is -0.530. The lowest BCUT2D eigenvalue weighted by atomic mass is 10.1. The molecule has 0 aliphatic rings. The van der Waals surface area contributed by atoms with Crippen LogP contribution in [0.15, 0.2) is 24.3 Å². The summed E-state index contributed by atoms with van der Waals surface area (Å²) in [5.74, 6) is 0. The van der Waals surface area contributed by atoms with Crippen molar-refractivity contribution in [2.24, 2.45) is 0 Å². The molecule has 0 saturated heterocycles. The molecule has 0 heterocycles. The smallest absolute Gasteiger partial charge is 0.268 e. The Morgan fingerprint density at radius 3 is 1.65 bits per heavy atom. The maximum atomic E-state index is 12.1. The average Bonchev–Trinajstić information content (AvgIpc) is 2.88. The van der Waals surface area contributed by atoms with Gasteiger partial charge < -0.3 is 27.9 Å². The van der Waals surface area contributed by atoms with Crippen molar-refractivity contribution < 1.29 is 32.5 Å². The molecule has 0 spiro atoms. The molecular weight excluding hydrogens is 525 g/mol. The number of phosphoric ester groups is 1. The number of methoxy groups -OCH3 is 1. The second-order valence-corrected chi connectivity index (χ2v) is 13.3. The van der Waals surface area contributed by atoms with E-state index in [4.69, 9.17) is 18.5 Å². The molecule has 2 atom stereocenters. The maximum absolute atomic E-state index is 12.1. The minimum atomic E-state index is -4.39. The zero-order chi connectivity index (χ0) is 29.8. The SMILES string of the molecule is CCCC/C=C\CCCCCCCCCC/C=C\CCCCCOC[C@H](COC)OP(=O)([O-])OCC[N+](C)(C)C. The second kappa shape index (κ2) is 27.3. The van der Waals surface area contributed by atoms with Crippen molar-refractivity contribution in [3.63, 3.8) is 0 Å². The van der Waals surface area contributed by atoms with Gasteiger partial charge in [-0.2, -0.15) is 0 Å². The first-order valence-electron chi connectivity index (χ1n) is 16.0. The molecule has 0 aromatic heterocycles. The van der Waals surface area contributed by atoms with Crippen molar-refractivity contribution in [3.8, 4) is 0 Å². The number of likely N-dealkylation sites (N-methyl/N-ethyl adjacent to an activating group) is 1. The molecule has 8 heteroatoms. The molecule has 0 aliphatic carbocycles. The highest BCUT2D eigenvalue weighted by Crippen LogP contribution is 2.39. The quantitative estimate of drug-likeness (QED) is 0.0366. The van der Waals surface area contributed by atoms with Crippen LogP contribution in [0.25, 0.3) is 0 Å². The molecule has 0 fully saturated rings. The van der Waals surface area contributed by atoms with Gasteiger partial charge in [-0.15, -0.1) is 0 Å². The summed E-state index contributed by atoms with van der Waals surface area (Å²) in [6.07, 6.45) is 30.2. The fourth-order valence-corrected chi connectivity index (χ4v) is 5.02. The summed E-state index contributed by atoms with van der Waals surface area (Å²) >= 11 is 0. The van der Waals surface area contributed by atoms with Crippen LogP contribution in [-0.2, 0) is 23.1 Å². The Kier molecular flexibility index (Phi) is 27.0. The number of rotatable bonds is 30. The van der Waals surface area contributed by atoms with E-state index in [1.54, 1.807) is 0 Å². The van der Waals surface area contributed by atoms with Crippen LogP contribution >= 0.6 is 7.82 Å². The third-order valence-electron chi connectivity index (χ3n) is 6.65. The summed E-state index contributed by atoms with van der Waals surface area (Å²) in [6, 6.07) is 0. The van der Waals surface area contributed by atoms with Gasteiger partial charge in [0.15, 0.2) is 0 Å². The molecule has 0 rings (SSSR count). The summed E-state index contributed by atoms with van der Waals surface area (Å²) in [4.78, 5) is 12.1. The standard InChI is InChI=1S/C32H64NO6P/c1-6-7-8-9-10-11-12-13-14-15-16-17-18-19-20-21-22-23-24-25-26-28-37-31-32(30-36-5)39-40(34,35)38-29-27-33(2,3)4/h9-10,21-22,32H,6-8,11-20,23-31H2,1-5H3/b10-9-,22-21-/t32-/m0/s1. The van der Waals surface area contributed by atoms with Gasteiger partial charge in [0.1, 0.15) is 19.3 Å². The number of quaternary nitrogens is 1. The molecule has 0 radical (unpaired) electrons. The largest absolute Gasteiger partial charge is 0.756 e. The number of hydrogen-bond donors (Lipinski definition) is 0. The fourth-order valence-electron chi connectivity index (χ4n) is 4.17. The van der Waals surface area contributed by atoms with E-state index >= 15 is 0 Å². The lowest BCUT2D eigenvalue weighted by molar-refractivity contribution is -0.870. The molecular formula is C32H64NO6P. The van der Waals surface area contributed by atoms with E-state index in [0.29, 0.717) is 17.6 Å². The van der Waals surface area contributed by atoms with Gasteiger partial charge in [0, 0.05) is 13.7 Å². The van der Waals surface area contributed by atoms with E-state index in [-0.39, 0.29) is 19.8 Å². The summed E-state index contributed by atoms with van der Waals surface area (Å²) < 4.78 is 33.6. The molecule has 0 bridgehead atoms. The first kappa shape index (κ1) is 39.5. The first-order chi connectivity index (χ1) is 19.2. The van der Waals surface area contributed by atoms with E-state index in [9.17, 15) is 9.46 Å². The molecule has 40 heavy (non-hydrogen) atoms. The van der Waals surface area contributed by atoms with Crippen LogP contribution in [0.3, 0.4) is 0 Å². The Morgan fingerprint density at radius 1 is 0.700 bits per heavy atom. The van der Waals surface area contributed by atoms with Crippen LogP contribution in [0.1, 0.15) is 116 Å². The van der Waals surface area contributed by atoms with E-state index in [2.05, 4.69) is 31.2 Å². The highest BCUT2D eigenvalue weighted by atomic mass is 31.2. The zero-order valence-corrected chi connectivity index (χ0v) is 27.7. The molecule has 1 unspecified atom stereocenters. The van der Waals surface area contributed by atoms with E-state index in [0.717, 1.165) is 25.7 Å². The second-order valence-electron chi connectivity index (χ2n) is 11.9. The van der Waals surface area contributed by atoms with Crippen molar-refractivity contribution >= 4 is 7.82 Å². The van der Waals surface area contributed by atoms with Gasteiger partial charge in [0.2, 0.25) is 0 Å². The average molecular weight is 590 g/mol. The third-order valence-corrected chi connectivity index (χ3v) is 7.71. The number of nitrogens with zero attached hydrogens (tertiary/aromatic N) is 1. The molecule has 0 amide bonds. The van der Waals surface area contributed by atoms with Crippen molar-refractivity contribution in [2.45, 2.75) is 122 Å². The summed E-state index contributed by atoms with van der Waals surface area (Å²) in [5.41, 5.74) is 0. The van der Waals surface area contributed by atoms with Crippen LogP contribution in [0.5, 0.6) is 0 Å². The predicted molar refractivity (Wildman–Crippen MR) is 166 cm³/mol. The molecule has 0 aromatic rings. The zero-order valence-electron chi connectivity index (χ0n) is 26.8. The first-order valence-corrected chi connectivity index (χ1v) is 17.5. The predicted octanol–water partition coefficient (Wildman–Crippen LogP) is 7.99. The van der Waals surface area contributed by atoms with Crippen molar-refractivity contribution in [3.05, 3.63) is 24.3 Å². The van der Waals surface area contributed by atoms with Gasteiger partial charge >= 0.3 is 0 Å². The highest BCUT2D eigenvalue weighted by molar-refractivity contribution is 7.45. The molecule has 7 nitrogen and oxygen atoms in total. The van der Waals surface area contributed by atoms with Gasteiger partial charge in [0.05, 0.1) is 34.4 Å². The third kappa shape index (κ3) is 30.4. The summed E-state index contributed by atoms with van der Waals surface area (Å²) in [7, 11) is 3.03. The Balaban J connectivity index is 3.59. The lowest BCUT2D eigenvalue weighted by Crippen LogP contribution is -2.38. The molecule has 0 aromatic carbocycles. The number of unbranched alkanes of at least 4 members (excludes halogenated alkanes) is 14. The number of phosphoric acid groups is 1. The highest BCUT2D eigenvalue weighted by Gasteiger charge is 2.20. The van der Waals surface area contributed by atoms with E-state index < -0.39 is 13.9 Å². The topological polar surface area (TPSA) is 77.1 Å². The van der Waals surface area contributed by atoms with Crippen LogP contribution in [0.4, 0.5) is 0 Å². The fraction of sp³-hybridized carbons (Fsp3) is 0.875. The Morgan fingerprint density at radius 2 is 1.18 bits per heavy atom. The van der Waals surface area contributed by atoms with Gasteiger partial charge in [-0.1, -0.05) is 89.0 Å². The molecule has 0 saturated carbocycles. The van der Waals surface area contributed by atoms with Crippen LogP contribution in [0.2, 0.25) is 0 Å². The minimum Gasteiger partial charge on any atom is -0.756 e. The lowest BCUT2D eigenvalue weighted by Gasteiger charge is -2.29. The van der Waals surface area contributed by atoms with E-state index in [1.165, 1.54) is 90.6 Å². The maximum Gasteiger partial charge on any atom is 0.268 e. The Bertz CT molecular complexity index is 650. The Labute approximate surface area is 247 Å². The normalized spacial score (nSPS) is 14.8. The molecule has 238 valence electrons. The van der Waals surface area contributed by atoms with Crippen LogP contribution in [0, 0.1) is 0 Å². The van der Waals surface area contributed by atoms with Crippen molar-refractivity contribution in [1.29, 1.82) is 0 Å². The molecule has 0 aliphatic heterocycles. The van der Waals surface area contributed by atoms with Gasteiger partial charge in [0.25, 0.3) is 7.82 Å². The van der Waals surface area contributed by atoms with Gasteiger partial charge in [-0.25, -0.2) is 0 Å². The van der Waals surface area contributed by atoms with Crippen molar-refractivity contribution in [2.75, 3.05) is 61.2 Å². The monoisotopic (exact) mass is 589 g/mol. The number of allylic oxidation sites excluding steroid dienone is 4. The summed E-state index contributed by atoms with van der Waals surface area (Å²) in [5, 5.41) is 0. The number of ether oxygens (including phenoxy) is 2. The van der Waals surface area contributed by atoms with Crippen molar-refractivity contribution in [1.82, 2.24) is 0 Å². The minimum absolute atomic E-state index is 0.0805. The molecule has 0 N–H and O–H groups in total. The van der Waals surface area contributed by atoms with E-state index in [1.807, 2.05) is 21.1 Å². The van der Waals surface area contributed by atoms with Gasteiger partial charge in [-0.3, -0.25) is 4.57 Å². The van der Waals surface area contributed by atoms with Gasteiger partial charge in [-0.05, 0) is 51.4 Å². The summed E-state index contributed by atoms with van der Waals surface area (Å²) in [6.45, 7) is 3.77.